The monoisotopic (exact) mass is 309 g/mol. The van der Waals surface area contributed by atoms with Gasteiger partial charge in [0, 0.05) is 6.08 Å². The van der Waals surface area contributed by atoms with Crippen molar-refractivity contribution in [3.05, 3.63) is 29.8 Å². The van der Waals surface area contributed by atoms with E-state index in [0.717, 1.165) is 17.1 Å². The third kappa shape index (κ3) is 4.86. The molecule has 0 atom stereocenters. The number of nitrogens with zero attached hydrogens (tertiary/aromatic N) is 1. The van der Waals surface area contributed by atoms with Crippen molar-refractivity contribution in [3.63, 3.8) is 0 Å². The summed E-state index contributed by atoms with van der Waals surface area (Å²) in [4.78, 5) is 4.57. The standard InChI is InChI=1S/C16H27NO3Si/c1-16(2,3)21(6,7)20-12-13-8-9-15(19-5)14(17-13)10-11-18-4/h8-11H,12H2,1-7H3/b11-10+. The predicted molar refractivity (Wildman–Crippen MR) is 88.8 cm³/mol. The zero-order valence-corrected chi connectivity index (χ0v) is 15.2. The molecule has 0 amide bonds. The van der Waals surface area contributed by atoms with Crippen LogP contribution in [0.25, 0.3) is 6.08 Å². The average Bonchev–Trinajstić information content (AvgIpc) is 2.41. The van der Waals surface area contributed by atoms with Crippen LogP contribution in [0.5, 0.6) is 5.75 Å². The van der Waals surface area contributed by atoms with Crippen molar-refractivity contribution in [2.24, 2.45) is 0 Å². The fraction of sp³-hybridized carbons (Fsp3) is 0.562. The lowest BCUT2D eigenvalue weighted by Crippen LogP contribution is -2.40. The minimum atomic E-state index is -1.77. The van der Waals surface area contributed by atoms with Crippen molar-refractivity contribution in [1.82, 2.24) is 4.98 Å². The lowest BCUT2D eigenvalue weighted by Gasteiger charge is -2.36. The van der Waals surface area contributed by atoms with E-state index in [-0.39, 0.29) is 5.04 Å². The SMILES string of the molecule is CO/C=C/c1nc(CO[Si](C)(C)C(C)(C)C)ccc1OC. The second-order valence-electron chi connectivity index (χ2n) is 6.48. The lowest BCUT2D eigenvalue weighted by molar-refractivity contribution is 0.271. The Morgan fingerprint density at radius 1 is 1.19 bits per heavy atom. The summed E-state index contributed by atoms with van der Waals surface area (Å²) in [5.41, 5.74) is 1.65. The molecular weight excluding hydrogens is 282 g/mol. The summed E-state index contributed by atoms with van der Waals surface area (Å²) >= 11 is 0. The van der Waals surface area contributed by atoms with Crippen LogP contribution in [0.3, 0.4) is 0 Å². The average molecular weight is 309 g/mol. The Morgan fingerprint density at radius 2 is 1.86 bits per heavy atom. The van der Waals surface area contributed by atoms with Gasteiger partial charge in [0.15, 0.2) is 8.32 Å². The smallest absolute Gasteiger partial charge is 0.192 e. The molecule has 0 aromatic carbocycles. The Bertz CT molecular complexity index is 493. The fourth-order valence-corrected chi connectivity index (χ4v) is 2.42. The molecule has 0 aliphatic carbocycles. The Morgan fingerprint density at radius 3 is 2.38 bits per heavy atom. The highest BCUT2D eigenvalue weighted by Crippen LogP contribution is 2.37. The van der Waals surface area contributed by atoms with Crippen LogP contribution >= 0.6 is 0 Å². The number of hydrogen-bond donors (Lipinski definition) is 0. The highest BCUT2D eigenvalue weighted by molar-refractivity contribution is 6.74. The van der Waals surface area contributed by atoms with Gasteiger partial charge in [0.25, 0.3) is 0 Å². The maximum Gasteiger partial charge on any atom is 0.192 e. The highest BCUT2D eigenvalue weighted by Gasteiger charge is 2.37. The van der Waals surface area contributed by atoms with Gasteiger partial charge in [-0.15, -0.1) is 0 Å². The number of methoxy groups -OCH3 is 2. The van der Waals surface area contributed by atoms with E-state index < -0.39 is 8.32 Å². The van der Waals surface area contributed by atoms with E-state index in [1.54, 1.807) is 26.6 Å². The quantitative estimate of drug-likeness (QED) is 0.582. The second kappa shape index (κ2) is 7.09. The van der Waals surface area contributed by atoms with Gasteiger partial charge < -0.3 is 13.9 Å². The van der Waals surface area contributed by atoms with Gasteiger partial charge in [-0.2, -0.15) is 0 Å². The molecule has 0 fully saturated rings. The summed E-state index contributed by atoms with van der Waals surface area (Å²) in [6.45, 7) is 11.7. The van der Waals surface area contributed by atoms with Gasteiger partial charge in [0.1, 0.15) is 11.4 Å². The second-order valence-corrected chi connectivity index (χ2v) is 11.3. The van der Waals surface area contributed by atoms with Gasteiger partial charge in [-0.3, -0.25) is 0 Å². The van der Waals surface area contributed by atoms with E-state index in [0.29, 0.717) is 6.61 Å². The van der Waals surface area contributed by atoms with E-state index in [1.165, 1.54) is 0 Å². The van der Waals surface area contributed by atoms with E-state index in [4.69, 9.17) is 13.9 Å². The molecule has 5 heteroatoms. The van der Waals surface area contributed by atoms with Crippen LogP contribution in [-0.2, 0) is 15.8 Å². The Hall–Kier alpha value is -1.33. The topological polar surface area (TPSA) is 40.6 Å². The molecule has 0 aliphatic heterocycles. The number of pyridine rings is 1. The van der Waals surface area contributed by atoms with Crippen LogP contribution in [0.1, 0.15) is 32.2 Å². The van der Waals surface area contributed by atoms with Gasteiger partial charge in [-0.25, -0.2) is 4.98 Å². The molecular formula is C16H27NO3Si. The zero-order valence-electron chi connectivity index (χ0n) is 14.2. The highest BCUT2D eigenvalue weighted by atomic mass is 28.4. The minimum Gasteiger partial charge on any atom is -0.504 e. The third-order valence-electron chi connectivity index (χ3n) is 3.91. The summed E-state index contributed by atoms with van der Waals surface area (Å²) in [7, 11) is 1.47. The molecule has 1 rings (SSSR count). The van der Waals surface area contributed by atoms with Crippen LogP contribution in [0.15, 0.2) is 18.4 Å². The molecule has 21 heavy (non-hydrogen) atoms. The third-order valence-corrected chi connectivity index (χ3v) is 8.39. The Labute approximate surface area is 129 Å². The van der Waals surface area contributed by atoms with Crippen molar-refractivity contribution in [2.45, 2.75) is 45.5 Å². The van der Waals surface area contributed by atoms with Gasteiger partial charge in [-0.05, 0) is 30.3 Å². The molecule has 1 heterocycles. The van der Waals surface area contributed by atoms with E-state index in [9.17, 15) is 0 Å². The van der Waals surface area contributed by atoms with Crippen LogP contribution in [0, 0.1) is 0 Å². The largest absolute Gasteiger partial charge is 0.504 e. The first-order chi connectivity index (χ1) is 9.71. The number of aromatic nitrogens is 1. The molecule has 1 aromatic heterocycles. The van der Waals surface area contributed by atoms with E-state index >= 15 is 0 Å². The molecule has 0 bridgehead atoms. The van der Waals surface area contributed by atoms with Crippen LogP contribution in [0.2, 0.25) is 18.1 Å². The normalized spacial score (nSPS) is 12.7. The van der Waals surface area contributed by atoms with E-state index in [1.807, 2.05) is 12.1 Å². The van der Waals surface area contributed by atoms with Crippen molar-refractivity contribution >= 4 is 14.4 Å². The first-order valence-corrected chi connectivity index (χ1v) is 9.99. The van der Waals surface area contributed by atoms with Crippen LogP contribution in [0.4, 0.5) is 0 Å². The van der Waals surface area contributed by atoms with Gasteiger partial charge in [-0.1, -0.05) is 20.8 Å². The molecule has 118 valence electrons. The lowest BCUT2D eigenvalue weighted by atomic mass is 10.2. The molecule has 0 aliphatic rings. The number of ether oxygens (including phenoxy) is 2. The first-order valence-electron chi connectivity index (χ1n) is 7.08. The molecule has 0 saturated carbocycles. The summed E-state index contributed by atoms with van der Waals surface area (Å²) in [5, 5.41) is 0.193. The molecule has 0 N–H and O–H groups in total. The summed E-state index contributed by atoms with van der Waals surface area (Å²) < 4.78 is 16.4. The van der Waals surface area contributed by atoms with Gasteiger partial charge in [0.2, 0.25) is 0 Å². The minimum absolute atomic E-state index is 0.193. The zero-order chi connectivity index (χ0) is 16.1. The maximum absolute atomic E-state index is 6.19. The maximum atomic E-state index is 6.19. The van der Waals surface area contributed by atoms with Crippen LogP contribution < -0.4 is 4.74 Å². The summed E-state index contributed by atoms with van der Waals surface area (Å²) in [6.07, 6.45) is 3.37. The number of rotatable bonds is 6. The van der Waals surface area contributed by atoms with Crippen molar-refractivity contribution < 1.29 is 13.9 Å². The van der Waals surface area contributed by atoms with Crippen molar-refractivity contribution in [1.29, 1.82) is 0 Å². The van der Waals surface area contributed by atoms with E-state index in [2.05, 4.69) is 38.8 Å². The van der Waals surface area contributed by atoms with Crippen molar-refractivity contribution in [3.8, 4) is 5.75 Å². The molecule has 4 nitrogen and oxygen atoms in total. The fourth-order valence-electron chi connectivity index (χ4n) is 1.48. The Balaban J connectivity index is 2.88. The van der Waals surface area contributed by atoms with Crippen LogP contribution in [-0.4, -0.2) is 27.5 Å². The van der Waals surface area contributed by atoms with Crippen molar-refractivity contribution in [2.75, 3.05) is 14.2 Å². The summed E-state index contributed by atoms with van der Waals surface area (Å²) in [6, 6.07) is 3.85. The Kier molecular flexibility index (Phi) is 5.98. The molecule has 0 radical (unpaired) electrons. The molecule has 0 unspecified atom stereocenters. The molecule has 0 spiro atoms. The van der Waals surface area contributed by atoms with Gasteiger partial charge >= 0.3 is 0 Å². The predicted octanol–water partition coefficient (Wildman–Crippen LogP) is 4.23. The molecule has 0 saturated heterocycles. The number of hydrogen-bond acceptors (Lipinski definition) is 4. The summed E-state index contributed by atoms with van der Waals surface area (Å²) in [5.74, 6) is 0.722. The van der Waals surface area contributed by atoms with Gasteiger partial charge in [0.05, 0.1) is 32.8 Å². The molecule has 1 aromatic rings. The first kappa shape index (κ1) is 17.7.